The average molecular weight is 232 g/mol. The summed E-state index contributed by atoms with van der Waals surface area (Å²) in [6.45, 7) is 5.83. The van der Waals surface area contributed by atoms with E-state index in [0.717, 1.165) is 5.56 Å². The Kier molecular flexibility index (Phi) is 2.93. The smallest absolute Gasteiger partial charge is 0.234 e. The molecule has 2 rings (SSSR count). The maximum atomic E-state index is 11.7. The number of hydrogen-bond donors (Lipinski definition) is 1. The summed E-state index contributed by atoms with van der Waals surface area (Å²) in [6, 6.07) is -0.538. The van der Waals surface area contributed by atoms with E-state index in [-0.39, 0.29) is 5.78 Å². The molecule has 2 N–H and O–H groups in total. The van der Waals surface area contributed by atoms with Crippen LogP contribution in [0.2, 0.25) is 0 Å². The summed E-state index contributed by atoms with van der Waals surface area (Å²) in [4.78, 5) is 20.1. The van der Waals surface area contributed by atoms with Crippen molar-refractivity contribution in [3.63, 3.8) is 0 Å². The van der Waals surface area contributed by atoms with Crippen LogP contribution in [0.4, 0.5) is 0 Å². The second-order valence-corrected chi connectivity index (χ2v) is 4.53. The van der Waals surface area contributed by atoms with E-state index in [4.69, 9.17) is 5.73 Å². The van der Waals surface area contributed by atoms with Crippen LogP contribution in [0, 0.1) is 0 Å². The minimum absolute atomic E-state index is 0.165. The molecule has 2 aromatic heterocycles. The zero-order valence-corrected chi connectivity index (χ0v) is 10.2. The summed E-state index contributed by atoms with van der Waals surface area (Å²) >= 11 is 0. The molecule has 0 aliphatic heterocycles. The molecule has 0 aliphatic carbocycles. The van der Waals surface area contributed by atoms with Crippen molar-refractivity contribution in [3.05, 3.63) is 29.8 Å². The van der Waals surface area contributed by atoms with E-state index in [2.05, 4.69) is 23.8 Å². The van der Waals surface area contributed by atoms with Crippen LogP contribution in [0.15, 0.2) is 18.6 Å². The van der Waals surface area contributed by atoms with Crippen molar-refractivity contribution in [3.8, 4) is 0 Å². The fourth-order valence-corrected chi connectivity index (χ4v) is 1.55. The molecule has 0 bridgehead atoms. The van der Waals surface area contributed by atoms with Gasteiger partial charge in [-0.15, -0.1) is 0 Å². The van der Waals surface area contributed by atoms with Gasteiger partial charge < -0.3 is 5.73 Å². The quantitative estimate of drug-likeness (QED) is 0.811. The summed E-state index contributed by atoms with van der Waals surface area (Å²) < 4.78 is 1.77. The van der Waals surface area contributed by atoms with Crippen LogP contribution in [-0.4, -0.2) is 26.2 Å². The molecule has 2 heterocycles. The second-order valence-electron chi connectivity index (χ2n) is 4.53. The Morgan fingerprint density at radius 1 is 1.35 bits per heavy atom. The van der Waals surface area contributed by atoms with Crippen molar-refractivity contribution in [2.75, 3.05) is 0 Å². The number of fused-ring (bicyclic) bond motifs is 1. The van der Waals surface area contributed by atoms with Crippen molar-refractivity contribution in [2.24, 2.45) is 5.73 Å². The third-order valence-electron chi connectivity index (χ3n) is 2.66. The van der Waals surface area contributed by atoms with Gasteiger partial charge in [0, 0.05) is 18.6 Å². The lowest BCUT2D eigenvalue weighted by atomic mass is 10.1. The molecule has 90 valence electrons. The summed E-state index contributed by atoms with van der Waals surface area (Å²) in [6.07, 6.45) is 5.41. The number of ketones is 1. The topological polar surface area (TPSA) is 73.3 Å². The van der Waals surface area contributed by atoms with Crippen LogP contribution >= 0.6 is 0 Å². The molecule has 0 amide bonds. The molecule has 1 atom stereocenters. The molecule has 17 heavy (non-hydrogen) atoms. The zero-order valence-electron chi connectivity index (χ0n) is 10.2. The van der Waals surface area contributed by atoms with Gasteiger partial charge in [0.25, 0.3) is 0 Å². The Hall–Kier alpha value is -1.75. The number of nitrogens with zero attached hydrogens (tertiary/aromatic N) is 3. The van der Waals surface area contributed by atoms with Gasteiger partial charge in [-0.2, -0.15) is 0 Å². The van der Waals surface area contributed by atoms with Gasteiger partial charge in [0.1, 0.15) is 5.69 Å². The van der Waals surface area contributed by atoms with Crippen LogP contribution < -0.4 is 5.73 Å². The lowest BCUT2D eigenvalue weighted by molar-refractivity contribution is 0.0963. The second kappa shape index (κ2) is 4.25. The van der Waals surface area contributed by atoms with E-state index in [1.807, 2.05) is 6.20 Å². The number of rotatable bonds is 3. The molecule has 0 saturated carbocycles. The minimum atomic E-state index is -0.538. The SMILES string of the molecule is CC(N)C(=O)c1cn2cc(C(C)C)cnc2n1. The highest BCUT2D eigenvalue weighted by atomic mass is 16.1. The molecule has 0 fully saturated rings. The number of aromatic nitrogens is 3. The first-order valence-corrected chi connectivity index (χ1v) is 5.63. The number of carbonyl (C=O) groups excluding carboxylic acids is 1. The minimum Gasteiger partial charge on any atom is -0.321 e. The molecule has 5 nitrogen and oxygen atoms in total. The molecular weight excluding hydrogens is 216 g/mol. The third-order valence-corrected chi connectivity index (χ3v) is 2.66. The van der Waals surface area contributed by atoms with Gasteiger partial charge in [-0.3, -0.25) is 9.20 Å². The lowest BCUT2D eigenvalue weighted by Gasteiger charge is -2.03. The van der Waals surface area contributed by atoms with Gasteiger partial charge in [-0.1, -0.05) is 13.8 Å². The van der Waals surface area contributed by atoms with E-state index in [1.165, 1.54) is 0 Å². The number of Topliss-reactive ketones (excluding diaryl/α,β-unsaturated/α-hetero) is 1. The van der Waals surface area contributed by atoms with E-state index >= 15 is 0 Å². The molecule has 0 radical (unpaired) electrons. The van der Waals surface area contributed by atoms with Gasteiger partial charge >= 0.3 is 0 Å². The molecule has 2 aromatic rings. The van der Waals surface area contributed by atoms with Crippen LogP contribution in [0.5, 0.6) is 0 Å². The first-order valence-electron chi connectivity index (χ1n) is 5.63. The van der Waals surface area contributed by atoms with E-state index < -0.39 is 6.04 Å². The van der Waals surface area contributed by atoms with Crippen LogP contribution in [0.25, 0.3) is 5.78 Å². The van der Waals surface area contributed by atoms with Crippen LogP contribution in [0.1, 0.15) is 42.7 Å². The van der Waals surface area contributed by atoms with Crippen LogP contribution in [0.3, 0.4) is 0 Å². The van der Waals surface area contributed by atoms with Crippen molar-refractivity contribution in [1.82, 2.24) is 14.4 Å². The lowest BCUT2D eigenvalue weighted by Crippen LogP contribution is -2.26. The summed E-state index contributed by atoms with van der Waals surface area (Å²) in [5.74, 6) is 0.752. The Morgan fingerprint density at radius 3 is 2.65 bits per heavy atom. The Bertz CT molecular complexity index is 557. The van der Waals surface area contributed by atoms with Gasteiger partial charge in [0.15, 0.2) is 5.78 Å². The monoisotopic (exact) mass is 232 g/mol. The van der Waals surface area contributed by atoms with Crippen molar-refractivity contribution >= 4 is 11.6 Å². The Labute approximate surface area is 99.7 Å². The summed E-state index contributed by atoms with van der Waals surface area (Å²) in [5, 5.41) is 0. The fraction of sp³-hybridized carbons (Fsp3) is 0.417. The third kappa shape index (κ3) is 2.19. The summed E-state index contributed by atoms with van der Waals surface area (Å²) in [7, 11) is 0. The maximum Gasteiger partial charge on any atom is 0.234 e. The first-order chi connectivity index (χ1) is 7.99. The predicted octanol–water partition coefficient (Wildman–Crippen LogP) is 1.38. The highest BCUT2D eigenvalue weighted by Crippen LogP contribution is 2.14. The Balaban J connectivity index is 2.47. The van der Waals surface area contributed by atoms with Gasteiger partial charge in [0.05, 0.1) is 6.04 Å². The van der Waals surface area contributed by atoms with E-state index in [1.54, 1.807) is 23.7 Å². The normalized spacial score (nSPS) is 13.2. The molecule has 1 unspecified atom stereocenters. The number of imidazole rings is 1. The van der Waals surface area contributed by atoms with E-state index in [0.29, 0.717) is 17.4 Å². The van der Waals surface area contributed by atoms with Gasteiger partial charge in [-0.05, 0) is 18.4 Å². The number of carbonyl (C=O) groups is 1. The van der Waals surface area contributed by atoms with Gasteiger partial charge in [-0.25, -0.2) is 9.97 Å². The van der Waals surface area contributed by atoms with Crippen molar-refractivity contribution in [1.29, 1.82) is 0 Å². The molecule has 0 saturated heterocycles. The number of hydrogen-bond acceptors (Lipinski definition) is 4. The summed E-state index contributed by atoms with van der Waals surface area (Å²) in [5.41, 5.74) is 7.02. The molecule has 5 heteroatoms. The maximum absolute atomic E-state index is 11.7. The predicted molar refractivity (Wildman–Crippen MR) is 65.1 cm³/mol. The molecule has 0 spiro atoms. The van der Waals surface area contributed by atoms with Crippen molar-refractivity contribution in [2.45, 2.75) is 32.7 Å². The molecule has 0 aliphatic rings. The largest absolute Gasteiger partial charge is 0.321 e. The average Bonchev–Trinajstić information content (AvgIpc) is 2.69. The fourth-order valence-electron chi connectivity index (χ4n) is 1.55. The standard InChI is InChI=1S/C12H16N4O/c1-7(2)9-4-14-12-15-10(6-16(12)5-9)11(17)8(3)13/h4-8H,13H2,1-3H3. The highest BCUT2D eigenvalue weighted by molar-refractivity contribution is 5.98. The van der Waals surface area contributed by atoms with Crippen LogP contribution in [-0.2, 0) is 0 Å². The molecule has 0 aromatic carbocycles. The van der Waals surface area contributed by atoms with E-state index in [9.17, 15) is 4.79 Å². The highest BCUT2D eigenvalue weighted by Gasteiger charge is 2.15. The Morgan fingerprint density at radius 2 is 2.06 bits per heavy atom. The first kappa shape index (κ1) is 11.7. The van der Waals surface area contributed by atoms with Gasteiger partial charge in [0.2, 0.25) is 5.78 Å². The van der Waals surface area contributed by atoms with Crippen molar-refractivity contribution < 1.29 is 4.79 Å². The molecular formula is C12H16N4O. The zero-order chi connectivity index (χ0) is 12.6. The number of nitrogens with two attached hydrogens (primary N) is 1.